The molecule has 1 unspecified atom stereocenters. The van der Waals surface area contributed by atoms with Gasteiger partial charge in [0.1, 0.15) is 5.75 Å². The van der Waals surface area contributed by atoms with Crippen molar-refractivity contribution in [2.75, 3.05) is 24.0 Å². The predicted octanol–water partition coefficient (Wildman–Crippen LogP) is 2.23. The van der Waals surface area contributed by atoms with Gasteiger partial charge in [-0.15, -0.1) is 0 Å². The van der Waals surface area contributed by atoms with Crippen LogP contribution in [0.2, 0.25) is 0 Å². The molecule has 0 aliphatic carbocycles. The van der Waals surface area contributed by atoms with Gasteiger partial charge in [0.25, 0.3) is 5.91 Å². The largest absolute Gasteiger partial charge is 0.477 e. The van der Waals surface area contributed by atoms with Gasteiger partial charge in [0.2, 0.25) is 6.79 Å². The average molecular weight is 298 g/mol. The van der Waals surface area contributed by atoms with Crippen molar-refractivity contribution in [1.82, 2.24) is 0 Å². The highest BCUT2D eigenvalue weighted by atomic mass is 16.7. The average Bonchev–Trinajstić information content (AvgIpc) is 3.02. The summed E-state index contributed by atoms with van der Waals surface area (Å²) in [5, 5.41) is 6.02. The maximum atomic E-state index is 12.3. The molecular weight excluding hydrogens is 284 g/mol. The van der Waals surface area contributed by atoms with Gasteiger partial charge in [-0.1, -0.05) is 12.1 Å². The fourth-order valence-electron chi connectivity index (χ4n) is 2.46. The Hall–Kier alpha value is -2.89. The Morgan fingerprint density at radius 2 is 1.95 bits per heavy atom. The molecule has 1 amide bonds. The first-order valence-electron chi connectivity index (χ1n) is 7.00. The first-order valence-corrected chi connectivity index (χ1v) is 7.00. The minimum atomic E-state index is -0.583. The van der Waals surface area contributed by atoms with Crippen LogP contribution in [0.15, 0.2) is 42.5 Å². The molecule has 2 aliphatic rings. The summed E-state index contributed by atoms with van der Waals surface area (Å²) in [6, 6.07) is 12.8. The van der Waals surface area contributed by atoms with E-state index in [1.54, 1.807) is 18.2 Å². The second-order valence-electron chi connectivity index (χ2n) is 5.04. The van der Waals surface area contributed by atoms with Crippen molar-refractivity contribution >= 4 is 17.3 Å². The summed E-state index contributed by atoms with van der Waals surface area (Å²) in [6.07, 6.45) is -0.583. The van der Waals surface area contributed by atoms with Gasteiger partial charge in [-0.2, -0.15) is 0 Å². The monoisotopic (exact) mass is 298 g/mol. The lowest BCUT2D eigenvalue weighted by Crippen LogP contribution is -2.41. The van der Waals surface area contributed by atoms with E-state index in [1.807, 2.05) is 24.3 Å². The van der Waals surface area contributed by atoms with E-state index in [9.17, 15) is 4.79 Å². The van der Waals surface area contributed by atoms with Crippen molar-refractivity contribution in [3.63, 3.8) is 0 Å². The van der Waals surface area contributed by atoms with Crippen LogP contribution in [0.3, 0.4) is 0 Å². The fraction of sp³-hybridized carbons (Fsp3) is 0.188. The Kier molecular flexibility index (Phi) is 3.00. The highest BCUT2D eigenvalue weighted by Crippen LogP contribution is 2.34. The van der Waals surface area contributed by atoms with E-state index >= 15 is 0 Å². The molecule has 2 aliphatic heterocycles. The fourth-order valence-corrected chi connectivity index (χ4v) is 2.46. The number of carbonyl (C=O) groups is 1. The van der Waals surface area contributed by atoms with Crippen molar-refractivity contribution in [2.24, 2.45) is 0 Å². The van der Waals surface area contributed by atoms with E-state index in [2.05, 4.69) is 10.6 Å². The minimum Gasteiger partial charge on any atom is -0.477 e. The summed E-state index contributed by atoms with van der Waals surface area (Å²) in [4.78, 5) is 12.3. The van der Waals surface area contributed by atoms with Crippen LogP contribution in [0.5, 0.6) is 17.2 Å². The third kappa shape index (κ3) is 2.28. The van der Waals surface area contributed by atoms with Gasteiger partial charge < -0.3 is 24.8 Å². The van der Waals surface area contributed by atoms with Gasteiger partial charge in [0.15, 0.2) is 17.6 Å². The Morgan fingerprint density at radius 1 is 1.09 bits per heavy atom. The summed E-state index contributed by atoms with van der Waals surface area (Å²) in [7, 11) is 0. The normalized spacial score (nSPS) is 17.9. The second kappa shape index (κ2) is 5.14. The molecule has 0 spiro atoms. The molecule has 2 aromatic rings. The molecule has 2 aromatic carbocycles. The standard InChI is InChI=1S/C16H14N2O4/c19-16(15-8-17-11-3-1-2-4-12(11)22-15)18-10-5-6-13-14(7-10)21-9-20-13/h1-7,15,17H,8-9H2,(H,18,19). The van der Waals surface area contributed by atoms with Gasteiger partial charge >= 0.3 is 0 Å². The Labute approximate surface area is 127 Å². The minimum absolute atomic E-state index is 0.208. The lowest BCUT2D eigenvalue weighted by molar-refractivity contribution is -0.122. The zero-order valence-electron chi connectivity index (χ0n) is 11.7. The zero-order valence-corrected chi connectivity index (χ0v) is 11.7. The number of benzene rings is 2. The van der Waals surface area contributed by atoms with E-state index in [4.69, 9.17) is 14.2 Å². The van der Waals surface area contributed by atoms with Crippen LogP contribution in [0, 0.1) is 0 Å². The number of anilines is 2. The van der Waals surface area contributed by atoms with Crippen LogP contribution >= 0.6 is 0 Å². The third-order valence-electron chi connectivity index (χ3n) is 3.57. The number of rotatable bonds is 2. The Morgan fingerprint density at radius 3 is 2.91 bits per heavy atom. The van der Waals surface area contributed by atoms with Crippen molar-refractivity contribution in [2.45, 2.75) is 6.10 Å². The number of para-hydroxylation sites is 2. The molecule has 0 radical (unpaired) electrons. The van der Waals surface area contributed by atoms with Gasteiger partial charge in [-0.3, -0.25) is 4.79 Å². The van der Waals surface area contributed by atoms with E-state index < -0.39 is 6.10 Å². The van der Waals surface area contributed by atoms with Gasteiger partial charge in [-0.05, 0) is 24.3 Å². The van der Waals surface area contributed by atoms with Crippen LogP contribution in [-0.2, 0) is 4.79 Å². The van der Waals surface area contributed by atoms with E-state index in [0.29, 0.717) is 29.5 Å². The Bertz CT molecular complexity index is 732. The predicted molar refractivity (Wildman–Crippen MR) is 80.5 cm³/mol. The molecule has 22 heavy (non-hydrogen) atoms. The number of fused-ring (bicyclic) bond motifs is 2. The molecule has 0 fully saturated rings. The number of nitrogens with one attached hydrogen (secondary N) is 2. The number of hydrogen-bond acceptors (Lipinski definition) is 5. The molecule has 4 rings (SSSR count). The smallest absolute Gasteiger partial charge is 0.267 e. The molecule has 0 bridgehead atoms. The highest BCUT2D eigenvalue weighted by molar-refractivity contribution is 5.95. The highest BCUT2D eigenvalue weighted by Gasteiger charge is 2.26. The van der Waals surface area contributed by atoms with Gasteiger partial charge in [0, 0.05) is 11.8 Å². The Balaban J connectivity index is 1.47. The van der Waals surface area contributed by atoms with Crippen molar-refractivity contribution < 1.29 is 19.0 Å². The van der Waals surface area contributed by atoms with Crippen LogP contribution in [0.4, 0.5) is 11.4 Å². The van der Waals surface area contributed by atoms with Crippen LogP contribution in [0.1, 0.15) is 0 Å². The van der Waals surface area contributed by atoms with Crippen molar-refractivity contribution in [3.05, 3.63) is 42.5 Å². The van der Waals surface area contributed by atoms with Crippen LogP contribution < -0.4 is 24.8 Å². The topological polar surface area (TPSA) is 68.8 Å². The van der Waals surface area contributed by atoms with Crippen molar-refractivity contribution in [3.8, 4) is 17.2 Å². The van der Waals surface area contributed by atoms with Crippen molar-refractivity contribution in [1.29, 1.82) is 0 Å². The van der Waals surface area contributed by atoms with Crippen LogP contribution in [0.25, 0.3) is 0 Å². The summed E-state index contributed by atoms with van der Waals surface area (Å²) >= 11 is 0. The maximum absolute atomic E-state index is 12.3. The quantitative estimate of drug-likeness (QED) is 0.890. The lowest BCUT2D eigenvalue weighted by Gasteiger charge is -2.26. The molecule has 1 atom stereocenters. The van der Waals surface area contributed by atoms with Crippen LogP contribution in [-0.4, -0.2) is 25.3 Å². The number of ether oxygens (including phenoxy) is 3. The summed E-state index contributed by atoms with van der Waals surface area (Å²) in [5.74, 6) is 1.79. The summed E-state index contributed by atoms with van der Waals surface area (Å²) < 4.78 is 16.3. The lowest BCUT2D eigenvalue weighted by atomic mass is 10.2. The number of carbonyl (C=O) groups excluding carboxylic acids is 1. The number of hydrogen-bond donors (Lipinski definition) is 2. The zero-order chi connectivity index (χ0) is 14.9. The molecule has 0 saturated heterocycles. The molecule has 2 N–H and O–H groups in total. The number of amides is 1. The van der Waals surface area contributed by atoms with Gasteiger partial charge in [-0.25, -0.2) is 0 Å². The maximum Gasteiger partial charge on any atom is 0.267 e. The summed E-state index contributed by atoms with van der Waals surface area (Å²) in [6.45, 7) is 0.632. The van der Waals surface area contributed by atoms with Gasteiger partial charge in [0.05, 0.1) is 12.2 Å². The third-order valence-corrected chi connectivity index (χ3v) is 3.57. The van der Waals surface area contributed by atoms with E-state index in [0.717, 1.165) is 5.69 Å². The molecule has 0 saturated carbocycles. The molecule has 6 nitrogen and oxygen atoms in total. The first-order chi connectivity index (χ1) is 10.8. The SMILES string of the molecule is O=C(Nc1ccc2c(c1)OCO2)C1CNc2ccccc2O1. The molecule has 112 valence electrons. The molecule has 0 aromatic heterocycles. The molecule has 2 heterocycles. The second-order valence-corrected chi connectivity index (χ2v) is 5.04. The molecular formula is C16H14N2O4. The van der Waals surface area contributed by atoms with E-state index in [-0.39, 0.29) is 12.7 Å². The summed E-state index contributed by atoms with van der Waals surface area (Å²) in [5.41, 5.74) is 1.55. The first kappa shape index (κ1) is 12.8. The molecule has 6 heteroatoms. The van der Waals surface area contributed by atoms with E-state index in [1.165, 1.54) is 0 Å².